The van der Waals surface area contributed by atoms with Crippen LogP contribution in [-0.2, 0) is 29.0 Å². The topological polar surface area (TPSA) is 29.1 Å². The molecule has 0 spiro atoms. The number of benzene rings is 2. The molecule has 9 heteroatoms. The molecular formula is C22H22ClF6NO. The van der Waals surface area contributed by atoms with Gasteiger partial charge in [0, 0.05) is 6.42 Å². The van der Waals surface area contributed by atoms with Crippen LogP contribution in [0.25, 0.3) is 0 Å². The highest BCUT2D eigenvalue weighted by molar-refractivity contribution is 5.90. The quantitative estimate of drug-likeness (QED) is 0.551. The van der Waals surface area contributed by atoms with Gasteiger partial charge in [0.15, 0.2) is 0 Å². The lowest BCUT2D eigenvalue weighted by atomic mass is 9.69. The molecule has 2 aromatic rings. The van der Waals surface area contributed by atoms with Crippen LogP contribution in [0.2, 0.25) is 0 Å². The van der Waals surface area contributed by atoms with Gasteiger partial charge in [-0.25, -0.2) is 0 Å². The van der Waals surface area contributed by atoms with Gasteiger partial charge < -0.3 is 5.32 Å². The van der Waals surface area contributed by atoms with Crippen LogP contribution in [-0.4, -0.2) is 18.9 Å². The second-order valence-corrected chi connectivity index (χ2v) is 7.54. The van der Waals surface area contributed by atoms with Crippen molar-refractivity contribution in [2.75, 3.05) is 13.1 Å². The number of nitrogens with one attached hydrogen (secondary N) is 1. The Morgan fingerprint density at radius 1 is 0.871 bits per heavy atom. The van der Waals surface area contributed by atoms with E-state index in [9.17, 15) is 31.1 Å². The van der Waals surface area contributed by atoms with E-state index in [1.54, 1.807) is 0 Å². The van der Waals surface area contributed by atoms with Crippen molar-refractivity contribution in [1.29, 1.82) is 0 Å². The molecule has 31 heavy (non-hydrogen) atoms. The zero-order valence-corrected chi connectivity index (χ0v) is 17.3. The number of aryl methyl sites for hydroxylation is 1. The molecule has 1 fully saturated rings. The molecule has 0 radical (unpaired) electrons. The average Bonchev–Trinajstić information content (AvgIpc) is 2.71. The van der Waals surface area contributed by atoms with Gasteiger partial charge in [0.25, 0.3) is 0 Å². The summed E-state index contributed by atoms with van der Waals surface area (Å²) in [6.07, 6.45) is -9.06. The Labute approximate surface area is 182 Å². The number of rotatable bonds is 5. The zero-order chi connectivity index (χ0) is 22.0. The lowest BCUT2D eigenvalue weighted by molar-refractivity contribution is -0.143. The number of carbonyl (C=O) groups excluding carboxylic acids is 1. The van der Waals surface area contributed by atoms with Crippen molar-refractivity contribution < 1.29 is 31.1 Å². The minimum atomic E-state index is -4.90. The Morgan fingerprint density at radius 3 is 1.87 bits per heavy atom. The molecule has 0 atom stereocenters. The van der Waals surface area contributed by atoms with E-state index < -0.39 is 28.9 Å². The lowest BCUT2D eigenvalue weighted by Gasteiger charge is -2.37. The number of hydrogen-bond acceptors (Lipinski definition) is 2. The molecule has 2 nitrogen and oxygen atoms in total. The molecule has 1 aliphatic heterocycles. The maximum atomic E-state index is 13.2. The van der Waals surface area contributed by atoms with Gasteiger partial charge in [-0.1, -0.05) is 30.3 Å². The van der Waals surface area contributed by atoms with Crippen LogP contribution < -0.4 is 5.32 Å². The second-order valence-electron chi connectivity index (χ2n) is 7.54. The maximum Gasteiger partial charge on any atom is 0.416 e. The van der Waals surface area contributed by atoms with Gasteiger partial charge in [0.05, 0.1) is 16.5 Å². The summed E-state index contributed by atoms with van der Waals surface area (Å²) in [7, 11) is 0. The molecule has 1 saturated heterocycles. The van der Waals surface area contributed by atoms with Gasteiger partial charge in [0.1, 0.15) is 5.78 Å². The molecule has 0 aromatic heterocycles. The summed E-state index contributed by atoms with van der Waals surface area (Å²) in [6, 6.07) is 10.6. The average molecular weight is 466 g/mol. The lowest BCUT2D eigenvalue weighted by Crippen LogP contribution is -2.45. The van der Waals surface area contributed by atoms with E-state index in [0.717, 1.165) is 5.56 Å². The van der Waals surface area contributed by atoms with Crippen LogP contribution in [0, 0.1) is 0 Å². The van der Waals surface area contributed by atoms with Crippen molar-refractivity contribution in [3.63, 3.8) is 0 Å². The summed E-state index contributed by atoms with van der Waals surface area (Å²) in [5.41, 5.74) is -2.82. The van der Waals surface area contributed by atoms with E-state index in [-0.39, 0.29) is 42.7 Å². The number of hydrogen-bond donors (Lipinski definition) is 1. The molecule has 1 N–H and O–H groups in total. The van der Waals surface area contributed by atoms with Crippen molar-refractivity contribution in [3.05, 3.63) is 70.8 Å². The standard InChI is InChI=1S/C22H21F6NO.ClH/c23-21(24,25)17-12-15(13-18(14-17)22(26,27)28)6-7-19(30)20(8-10-29-11-9-20)16-4-2-1-3-5-16;/h1-5,12-14,29H,6-11H2;1H. The predicted molar refractivity (Wildman–Crippen MR) is 107 cm³/mol. The zero-order valence-electron chi connectivity index (χ0n) is 16.4. The molecule has 0 unspecified atom stereocenters. The number of Topliss-reactive ketones (excluding diaryl/α,β-unsaturated/α-hetero) is 1. The van der Waals surface area contributed by atoms with Crippen LogP contribution in [0.5, 0.6) is 0 Å². The van der Waals surface area contributed by atoms with Crippen LogP contribution in [0.3, 0.4) is 0 Å². The minimum Gasteiger partial charge on any atom is -0.317 e. The van der Waals surface area contributed by atoms with Crippen molar-refractivity contribution in [3.8, 4) is 0 Å². The van der Waals surface area contributed by atoms with Crippen LogP contribution >= 0.6 is 12.4 Å². The third kappa shape index (κ3) is 5.80. The Morgan fingerprint density at radius 2 is 1.39 bits per heavy atom. The molecule has 170 valence electrons. The van der Waals surface area contributed by atoms with Crippen molar-refractivity contribution >= 4 is 18.2 Å². The van der Waals surface area contributed by atoms with Crippen LogP contribution in [0.15, 0.2) is 48.5 Å². The van der Waals surface area contributed by atoms with Crippen LogP contribution in [0.1, 0.15) is 41.5 Å². The highest BCUT2D eigenvalue weighted by Gasteiger charge is 2.41. The normalized spacial score (nSPS) is 16.5. The van der Waals surface area contributed by atoms with Gasteiger partial charge in [-0.2, -0.15) is 26.3 Å². The number of halogens is 7. The first-order valence-electron chi connectivity index (χ1n) is 9.60. The van der Waals surface area contributed by atoms with Crippen LogP contribution in [0.4, 0.5) is 26.3 Å². The number of carbonyl (C=O) groups is 1. The summed E-state index contributed by atoms with van der Waals surface area (Å²) in [4.78, 5) is 13.2. The summed E-state index contributed by atoms with van der Waals surface area (Å²) in [5.74, 6) is -0.166. The number of ketones is 1. The molecule has 0 saturated carbocycles. The van der Waals surface area contributed by atoms with E-state index in [0.29, 0.717) is 38.1 Å². The number of alkyl halides is 6. The van der Waals surface area contributed by atoms with E-state index >= 15 is 0 Å². The van der Waals surface area contributed by atoms with Gasteiger partial charge in [-0.05, 0) is 61.7 Å². The Kier molecular flexibility index (Phi) is 7.81. The first kappa shape index (κ1) is 25.2. The Balaban J connectivity index is 0.00000341. The van der Waals surface area contributed by atoms with E-state index in [4.69, 9.17) is 0 Å². The molecule has 2 aromatic carbocycles. The van der Waals surface area contributed by atoms with Gasteiger partial charge >= 0.3 is 12.4 Å². The highest BCUT2D eigenvalue weighted by Crippen LogP contribution is 2.38. The summed E-state index contributed by atoms with van der Waals surface area (Å²) in [5, 5.41) is 3.18. The number of piperidine rings is 1. The van der Waals surface area contributed by atoms with Crippen molar-refractivity contribution in [2.45, 2.75) is 43.5 Å². The predicted octanol–water partition coefficient (Wildman–Crippen LogP) is 5.97. The van der Waals surface area contributed by atoms with Crippen molar-refractivity contribution in [1.82, 2.24) is 5.32 Å². The molecule has 1 heterocycles. The summed E-state index contributed by atoms with van der Waals surface area (Å²) in [6.45, 7) is 1.23. The monoisotopic (exact) mass is 465 g/mol. The third-order valence-corrected chi connectivity index (χ3v) is 5.61. The molecule has 1 aliphatic rings. The van der Waals surface area contributed by atoms with E-state index in [1.807, 2.05) is 30.3 Å². The second kappa shape index (κ2) is 9.61. The molecule has 0 aliphatic carbocycles. The fourth-order valence-electron chi connectivity index (χ4n) is 4.00. The first-order valence-corrected chi connectivity index (χ1v) is 9.60. The van der Waals surface area contributed by atoms with E-state index in [1.165, 1.54) is 0 Å². The fraction of sp³-hybridized carbons (Fsp3) is 0.409. The maximum absolute atomic E-state index is 13.2. The van der Waals surface area contributed by atoms with E-state index in [2.05, 4.69) is 5.32 Å². The minimum absolute atomic E-state index is 0. The largest absolute Gasteiger partial charge is 0.416 e. The van der Waals surface area contributed by atoms with Crippen molar-refractivity contribution in [2.24, 2.45) is 0 Å². The molecule has 3 rings (SSSR count). The smallest absolute Gasteiger partial charge is 0.317 e. The summed E-state index contributed by atoms with van der Waals surface area (Å²) < 4.78 is 78.4. The van der Waals surface area contributed by atoms with Gasteiger partial charge in [0.2, 0.25) is 0 Å². The Hall–Kier alpha value is -2.06. The molecule has 0 bridgehead atoms. The third-order valence-electron chi connectivity index (χ3n) is 5.61. The molecular weight excluding hydrogens is 444 g/mol. The SMILES string of the molecule is Cl.O=C(CCc1cc(C(F)(F)F)cc(C(F)(F)F)c1)C1(c2ccccc2)CCNCC1. The van der Waals surface area contributed by atoms with Gasteiger partial charge in [-0.15, -0.1) is 12.4 Å². The molecule has 0 amide bonds. The first-order chi connectivity index (χ1) is 14.0. The Bertz CT molecular complexity index is 857. The summed E-state index contributed by atoms with van der Waals surface area (Å²) >= 11 is 0. The van der Waals surface area contributed by atoms with Gasteiger partial charge in [-0.3, -0.25) is 4.79 Å². The highest BCUT2D eigenvalue weighted by atomic mass is 35.5. The fourth-order valence-corrected chi connectivity index (χ4v) is 4.00.